The Bertz CT molecular complexity index is 1350. The Morgan fingerprint density at radius 3 is 2.59 bits per heavy atom. The zero-order valence-corrected chi connectivity index (χ0v) is 19.4. The predicted molar refractivity (Wildman–Crippen MR) is 130 cm³/mol. The second kappa shape index (κ2) is 8.96. The van der Waals surface area contributed by atoms with Crippen molar-refractivity contribution in [3.8, 4) is 16.9 Å². The summed E-state index contributed by atoms with van der Waals surface area (Å²) in [5.74, 6) is 0.517. The molecule has 7 heteroatoms. The number of nitrogens with one attached hydrogen (secondary N) is 1. The van der Waals surface area contributed by atoms with E-state index in [1.165, 1.54) is 22.2 Å². The van der Waals surface area contributed by atoms with Gasteiger partial charge in [0.1, 0.15) is 17.1 Å². The van der Waals surface area contributed by atoms with Crippen molar-refractivity contribution in [2.75, 3.05) is 11.9 Å². The molecular weight excluding hydrogens is 422 g/mol. The van der Waals surface area contributed by atoms with Crippen LogP contribution in [0.3, 0.4) is 0 Å². The highest BCUT2D eigenvalue weighted by Gasteiger charge is 2.18. The summed E-state index contributed by atoms with van der Waals surface area (Å²) < 4.78 is 6.90. The number of ether oxygens (including phenoxy) is 1. The van der Waals surface area contributed by atoms with Crippen molar-refractivity contribution in [2.24, 2.45) is 0 Å². The van der Waals surface area contributed by atoms with Crippen molar-refractivity contribution in [1.29, 1.82) is 0 Å². The van der Waals surface area contributed by atoms with E-state index >= 15 is 0 Å². The van der Waals surface area contributed by atoms with Crippen LogP contribution in [0.4, 0.5) is 5.69 Å². The number of hydrogen-bond acceptors (Lipinski definition) is 5. The van der Waals surface area contributed by atoms with Crippen LogP contribution in [-0.4, -0.2) is 22.1 Å². The quantitative estimate of drug-likeness (QED) is 0.447. The molecule has 2 aromatic heterocycles. The largest absolute Gasteiger partial charge is 0.494 e. The Kier molecular flexibility index (Phi) is 6.10. The molecule has 0 radical (unpaired) electrons. The van der Waals surface area contributed by atoms with E-state index in [4.69, 9.17) is 4.74 Å². The molecule has 0 atom stereocenters. The molecule has 0 fully saturated rings. The number of amides is 1. The Hall–Kier alpha value is -3.45. The maximum atomic E-state index is 13.3. The van der Waals surface area contributed by atoms with Gasteiger partial charge in [-0.1, -0.05) is 24.3 Å². The van der Waals surface area contributed by atoms with Gasteiger partial charge in [-0.25, -0.2) is 4.98 Å². The van der Waals surface area contributed by atoms with Crippen LogP contribution in [0.2, 0.25) is 0 Å². The van der Waals surface area contributed by atoms with Crippen LogP contribution in [0.1, 0.15) is 22.9 Å². The highest BCUT2D eigenvalue weighted by molar-refractivity contribution is 7.19. The lowest BCUT2D eigenvalue weighted by Crippen LogP contribution is -2.28. The first-order chi connectivity index (χ1) is 15.4. The molecule has 0 aliphatic rings. The molecule has 0 aliphatic carbocycles. The number of carbonyl (C=O) groups excluding carboxylic acids is 1. The minimum absolute atomic E-state index is 0.104. The van der Waals surface area contributed by atoms with Gasteiger partial charge in [-0.3, -0.25) is 14.2 Å². The Morgan fingerprint density at radius 1 is 1.12 bits per heavy atom. The summed E-state index contributed by atoms with van der Waals surface area (Å²) in [6.07, 6.45) is 1.45. The first-order valence-corrected chi connectivity index (χ1v) is 11.3. The lowest BCUT2D eigenvalue weighted by Gasteiger charge is -2.11. The van der Waals surface area contributed by atoms with E-state index in [1.54, 1.807) is 0 Å². The SMILES string of the molecule is CCOc1ccc(-c2c(C)sc3ncn(CC(=O)Nc4cccc(C)c4C)c(=O)c23)cc1. The molecule has 4 rings (SSSR count). The van der Waals surface area contributed by atoms with Gasteiger partial charge in [-0.2, -0.15) is 0 Å². The van der Waals surface area contributed by atoms with Crippen LogP contribution in [0, 0.1) is 20.8 Å². The maximum Gasteiger partial charge on any atom is 0.263 e. The van der Waals surface area contributed by atoms with Gasteiger partial charge < -0.3 is 10.1 Å². The number of aromatic nitrogens is 2. The van der Waals surface area contributed by atoms with E-state index in [2.05, 4.69) is 10.3 Å². The lowest BCUT2D eigenvalue weighted by atomic mass is 10.0. The van der Waals surface area contributed by atoms with Gasteiger partial charge in [-0.15, -0.1) is 11.3 Å². The summed E-state index contributed by atoms with van der Waals surface area (Å²) >= 11 is 1.48. The molecule has 0 bridgehead atoms. The molecule has 6 nitrogen and oxygen atoms in total. The third-order valence-electron chi connectivity index (χ3n) is 5.50. The Labute approximate surface area is 190 Å². The molecule has 0 saturated carbocycles. The fraction of sp³-hybridized carbons (Fsp3) is 0.240. The summed E-state index contributed by atoms with van der Waals surface area (Å²) in [6.45, 7) is 8.37. The van der Waals surface area contributed by atoms with Crippen molar-refractivity contribution in [3.05, 3.63) is 75.1 Å². The second-order valence-electron chi connectivity index (χ2n) is 7.64. The first kappa shape index (κ1) is 21.8. The van der Waals surface area contributed by atoms with E-state index in [1.807, 2.05) is 70.2 Å². The number of carbonyl (C=O) groups is 1. The molecule has 1 amide bonds. The molecule has 4 aromatic rings. The number of thiophene rings is 1. The zero-order valence-electron chi connectivity index (χ0n) is 18.6. The third-order valence-corrected chi connectivity index (χ3v) is 6.51. The first-order valence-electron chi connectivity index (χ1n) is 10.5. The molecule has 0 aliphatic heterocycles. The summed E-state index contributed by atoms with van der Waals surface area (Å²) in [6, 6.07) is 13.4. The number of rotatable bonds is 6. The smallest absolute Gasteiger partial charge is 0.263 e. The summed E-state index contributed by atoms with van der Waals surface area (Å²) in [7, 11) is 0. The highest BCUT2D eigenvalue weighted by atomic mass is 32.1. The average Bonchev–Trinajstić information content (AvgIpc) is 3.11. The summed E-state index contributed by atoms with van der Waals surface area (Å²) in [5, 5.41) is 3.45. The number of benzene rings is 2. The highest BCUT2D eigenvalue weighted by Crippen LogP contribution is 2.36. The number of aryl methyl sites for hydroxylation is 2. The van der Waals surface area contributed by atoms with Gasteiger partial charge in [0.15, 0.2) is 0 Å². The van der Waals surface area contributed by atoms with Crippen LogP contribution in [0.25, 0.3) is 21.3 Å². The van der Waals surface area contributed by atoms with Crippen LogP contribution in [-0.2, 0) is 11.3 Å². The van der Waals surface area contributed by atoms with E-state index < -0.39 is 0 Å². The Balaban J connectivity index is 1.68. The van der Waals surface area contributed by atoms with E-state index in [0.29, 0.717) is 16.8 Å². The maximum absolute atomic E-state index is 13.3. The van der Waals surface area contributed by atoms with Crippen LogP contribution >= 0.6 is 11.3 Å². The molecule has 1 N–H and O–H groups in total. The number of anilines is 1. The van der Waals surface area contributed by atoms with Crippen molar-refractivity contribution in [3.63, 3.8) is 0 Å². The fourth-order valence-corrected chi connectivity index (χ4v) is 4.72. The summed E-state index contributed by atoms with van der Waals surface area (Å²) in [4.78, 5) is 32.2. The molecular formula is C25H25N3O3S. The lowest BCUT2D eigenvalue weighted by molar-refractivity contribution is -0.116. The molecule has 0 spiro atoms. The van der Waals surface area contributed by atoms with Gasteiger partial charge in [0.25, 0.3) is 5.56 Å². The van der Waals surface area contributed by atoms with Crippen LogP contribution < -0.4 is 15.6 Å². The van der Waals surface area contributed by atoms with Crippen LogP contribution in [0.15, 0.2) is 53.6 Å². The van der Waals surface area contributed by atoms with E-state index in [9.17, 15) is 9.59 Å². The standard InChI is InChI=1S/C25H25N3O3S/c1-5-31-19-11-9-18(10-12-19)22-17(4)32-24-23(22)25(30)28(14-26-24)13-21(29)27-20-8-6-7-15(2)16(20)3/h6-12,14H,5,13H2,1-4H3,(H,27,29). The second-order valence-corrected chi connectivity index (χ2v) is 8.85. The molecule has 0 unspecified atom stereocenters. The van der Waals surface area contributed by atoms with Crippen LogP contribution in [0.5, 0.6) is 5.75 Å². The molecule has 32 heavy (non-hydrogen) atoms. The van der Waals surface area contributed by atoms with E-state index in [0.717, 1.165) is 38.6 Å². The average molecular weight is 448 g/mol. The molecule has 2 heterocycles. The normalized spacial score (nSPS) is 11.0. The van der Waals surface area contributed by atoms with Gasteiger partial charge in [-0.05, 0) is 62.6 Å². The van der Waals surface area contributed by atoms with E-state index in [-0.39, 0.29) is 18.0 Å². The van der Waals surface area contributed by atoms with Gasteiger partial charge in [0.2, 0.25) is 5.91 Å². The fourth-order valence-electron chi connectivity index (χ4n) is 3.71. The minimum Gasteiger partial charge on any atom is -0.494 e. The monoisotopic (exact) mass is 447 g/mol. The third kappa shape index (κ3) is 4.16. The molecule has 0 saturated heterocycles. The van der Waals surface area contributed by atoms with Crippen molar-refractivity contribution >= 4 is 33.1 Å². The van der Waals surface area contributed by atoms with Crippen molar-refractivity contribution in [1.82, 2.24) is 9.55 Å². The number of nitrogens with zero attached hydrogens (tertiary/aromatic N) is 2. The Morgan fingerprint density at radius 2 is 1.88 bits per heavy atom. The zero-order chi connectivity index (χ0) is 22.8. The topological polar surface area (TPSA) is 73.2 Å². The van der Waals surface area contributed by atoms with Crippen molar-refractivity contribution in [2.45, 2.75) is 34.2 Å². The predicted octanol–water partition coefficient (Wildman–Crippen LogP) is 5.09. The number of fused-ring (bicyclic) bond motifs is 1. The minimum atomic E-state index is -0.267. The van der Waals surface area contributed by atoms with Gasteiger partial charge >= 0.3 is 0 Å². The van der Waals surface area contributed by atoms with Gasteiger partial charge in [0, 0.05) is 16.1 Å². The number of hydrogen-bond donors (Lipinski definition) is 1. The summed E-state index contributed by atoms with van der Waals surface area (Å²) in [5.41, 5.74) is 4.41. The molecule has 164 valence electrons. The van der Waals surface area contributed by atoms with Gasteiger partial charge in [0.05, 0.1) is 18.3 Å². The van der Waals surface area contributed by atoms with Crippen molar-refractivity contribution < 1.29 is 9.53 Å². The molecule has 2 aromatic carbocycles.